The second-order valence-corrected chi connectivity index (χ2v) is 9.64. The van der Waals surface area contributed by atoms with Crippen molar-refractivity contribution < 1.29 is 9.90 Å². The number of benzene rings is 3. The maximum absolute atomic E-state index is 12.6. The Morgan fingerprint density at radius 3 is 2.44 bits per heavy atom. The van der Waals surface area contributed by atoms with E-state index in [-0.39, 0.29) is 17.6 Å². The fourth-order valence-corrected chi connectivity index (χ4v) is 4.64. The zero-order chi connectivity index (χ0) is 24.1. The fourth-order valence-electron chi connectivity index (χ4n) is 3.79. The lowest BCUT2D eigenvalue weighted by Crippen LogP contribution is -2.22. The molecule has 0 fully saturated rings. The van der Waals surface area contributed by atoms with Crippen molar-refractivity contribution in [1.29, 1.82) is 0 Å². The number of aromatic hydroxyl groups is 1. The van der Waals surface area contributed by atoms with Gasteiger partial charge in [0.1, 0.15) is 22.5 Å². The molecule has 7 heteroatoms. The number of amides is 1. The van der Waals surface area contributed by atoms with Crippen LogP contribution in [0.25, 0.3) is 16.7 Å². The summed E-state index contributed by atoms with van der Waals surface area (Å²) in [6.45, 7) is 6.22. The first-order valence-electron chi connectivity index (χ1n) is 11.7. The lowest BCUT2D eigenvalue weighted by atomic mass is 9.98. The van der Waals surface area contributed by atoms with Gasteiger partial charge < -0.3 is 10.4 Å². The van der Waals surface area contributed by atoms with E-state index < -0.39 is 0 Å². The van der Waals surface area contributed by atoms with Gasteiger partial charge in [0.25, 0.3) is 0 Å². The van der Waals surface area contributed by atoms with Gasteiger partial charge >= 0.3 is 0 Å². The van der Waals surface area contributed by atoms with Gasteiger partial charge in [0.05, 0.1) is 0 Å². The van der Waals surface area contributed by atoms with Gasteiger partial charge in [-0.3, -0.25) is 4.79 Å². The number of anilines is 1. The van der Waals surface area contributed by atoms with E-state index in [2.05, 4.69) is 53.6 Å². The Balaban J connectivity index is 1.51. The number of carbonyl (C=O) groups is 1. The Bertz CT molecular complexity index is 1280. The number of unbranched alkanes of at least 4 members (excludes halogenated alkanes) is 1. The van der Waals surface area contributed by atoms with E-state index in [1.54, 1.807) is 30.0 Å². The summed E-state index contributed by atoms with van der Waals surface area (Å²) in [4.78, 5) is 16.2. The molecule has 34 heavy (non-hydrogen) atoms. The molecule has 0 saturated heterocycles. The molecular weight excluding hydrogens is 444 g/mol. The topological polar surface area (TPSA) is 80.0 Å². The number of phenolic OH excluding ortho intramolecular Hbond substituents is 1. The van der Waals surface area contributed by atoms with Crippen LogP contribution in [0, 0.1) is 12.8 Å². The molecule has 0 aliphatic rings. The molecule has 0 radical (unpaired) electrons. The van der Waals surface area contributed by atoms with Crippen LogP contribution in [0.4, 0.5) is 5.69 Å². The molecule has 0 saturated carbocycles. The fraction of sp³-hybridized carbons (Fsp3) is 0.296. The van der Waals surface area contributed by atoms with Gasteiger partial charge in [0, 0.05) is 27.5 Å². The Morgan fingerprint density at radius 1 is 1.00 bits per heavy atom. The molecule has 1 aromatic heterocycles. The smallest absolute Gasteiger partial charge is 0.227 e. The summed E-state index contributed by atoms with van der Waals surface area (Å²) in [6, 6.07) is 19.4. The van der Waals surface area contributed by atoms with Crippen LogP contribution in [-0.2, 0) is 4.79 Å². The molecule has 4 rings (SSSR count). The van der Waals surface area contributed by atoms with Crippen molar-refractivity contribution in [3.63, 3.8) is 0 Å². The summed E-state index contributed by atoms with van der Waals surface area (Å²) in [7, 11) is 0. The van der Waals surface area contributed by atoms with E-state index in [9.17, 15) is 9.90 Å². The van der Waals surface area contributed by atoms with Gasteiger partial charge in [-0.1, -0.05) is 56.1 Å². The molecule has 0 bridgehead atoms. The molecule has 176 valence electrons. The molecule has 0 aliphatic heterocycles. The predicted molar refractivity (Wildman–Crippen MR) is 138 cm³/mol. The van der Waals surface area contributed by atoms with Crippen LogP contribution in [0.3, 0.4) is 0 Å². The van der Waals surface area contributed by atoms with Gasteiger partial charge in [-0.2, -0.15) is 0 Å². The third kappa shape index (κ3) is 5.59. The van der Waals surface area contributed by atoms with Crippen LogP contribution < -0.4 is 5.32 Å². The van der Waals surface area contributed by atoms with Gasteiger partial charge in [-0.05, 0) is 62.2 Å². The molecule has 1 unspecified atom stereocenters. The van der Waals surface area contributed by atoms with Crippen LogP contribution in [0.15, 0.2) is 70.5 Å². The van der Waals surface area contributed by atoms with E-state index in [0.717, 1.165) is 46.5 Å². The van der Waals surface area contributed by atoms with Crippen molar-refractivity contribution in [3.8, 4) is 11.4 Å². The summed E-state index contributed by atoms with van der Waals surface area (Å²) < 4.78 is 0. The molecule has 6 nitrogen and oxygen atoms in total. The molecule has 1 atom stereocenters. The monoisotopic (exact) mass is 474 g/mol. The van der Waals surface area contributed by atoms with E-state index in [1.165, 1.54) is 10.4 Å². The van der Waals surface area contributed by atoms with Gasteiger partial charge in [0.2, 0.25) is 5.91 Å². The number of phenols is 1. The number of nitrogens with one attached hydrogen (secondary N) is 1. The zero-order valence-corrected chi connectivity index (χ0v) is 20.6. The normalized spacial score (nSPS) is 12.1. The summed E-state index contributed by atoms with van der Waals surface area (Å²) in [5.41, 5.74) is 3.74. The Hall–Kier alpha value is -3.32. The average Bonchev–Trinajstić information content (AvgIpc) is 3.24. The van der Waals surface area contributed by atoms with Gasteiger partial charge in [0.15, 0.2) is 0 Å². The summed E-state index contributed by atoms with van der Waals surface area (Å²) in [6.07, 6.45) is 3.76. The number of rotatable bonds is 9. The quantitative estimate of drug-likeness (QED) is 0.281. The standard InChI is InChI=1S/C27H30N4O2S/c1-4-6-7-19(5-2)27(33)28-20-10-15-25(26(32)16-20)31-29-23-14-13-22(17-24(23)30-31)34-21-11-8-18(3)9-12-21/h8-17,19,32H,4-7H2,1-3H3,(H,28,33). The van der Waals surface area contributed by atoms with E-state index >= 15 is 0 Å². The third-order valence-electron chi connectivity index (χ3n) is 5.84. The summed E-state index contributed by atoms with van der Waals surface area (Å²) >= 11 is 1.67. The van der Waals surface area contributed by atoms with Crippen LogP contribution in [0.1, 0.15) is 45.1 Å². The molecule has 0 spiro atoms. The number of hydrogen-bond donors (Lipinski definition) is 2. The molecule has 1 amide bonds. The van der Waals surface area contributed by atoms with Crippen molar-refractivity contribution >= 4 is 34.4 Å². The second-order valence-electron chi connectivity index (χ2n) is 8.50. The predicted octanol–water partition coefficient (Wildman–Crippen LogP) is 6.74. The molecule has 1 heterocycles. The number of aryl methyl sites for hydroxylation is 1. The highest BCUT2D eigenvalue weighted by Gasteiger charge is 2.17. The van der Waals surface area contributed by atoms with Crippen molar-refractivity contribution in [2.24, 2.45) is 5.92 Å². The lowest BCUT2D eigenvalue weighted by Gasteiger charge is -2.15. The highest BCUT2D eigenvalue weighted by molar-refractivity contribution is 7.99. The molecule has 2 N–H and O–H groups in total. The minimum atomic E-state index is -0.0215. The largest absolute Gasteiger partial charge is 0.506 e. The van der Waals surface area contributed by atoms with Gasteiger partial charge in [-0.15, -0.1) is 15.0 Å². The number of carbonyl (C=O) groups excluding carboxylic acids is 1. The van der Waals surface area contributed by atoms with Crippen molar-refractivity contribution in [1.82, 2.24) is 15.0 Å². The Kier molecular flexibility index (Phi) is 7.53. The average molecular weight is 475 g/mol. The Morgan fingerprint density at radius 2 is 1.74 bits per heavy atom. The third-order valence-corrected chi connectivity index (χ3v) is 6.83. The maximum atomic E-state index is 12.6. The lowest BCUT2D eigenvalue weighted by molar-refractivity contribution is -0.120. The van der Waals surface area contributed by atoms with Crippen molar-refractivity contribution in [2.75, 3.05) is 5.32 Å². The zero-order valence-electron chi connectivity index (χ0n) is 19.8. The number of nitrogens with zero attached hydrogens (tertiary/aromatic N) is 3. The number of aromatic nitrogens is 3. The SMILES string of the molecule is CCCCC(CC)C(=O)Nc1ccc(-n2nc3ccc(Sc4ccc(C)cc4)cc3n2)c(O)c1. The van der Waals surface area contributed by atoms with Crippen LogP contribution in [0.5, 0.6) is 5.75 Å². The Labute approximate surface area is 204 Å². The summed E-state index contributed by atoms with van der Waals surface area (Å²) in [5.74, 6) is -0.0227. The number of hydrogen-bond acceptors (Lipinski definition) is 5. The van der Waals surface area contributed by atoms with Crippen molar-refractivity contribution in [2.45, 2.75) is 56.2 Å². The molecular formula is C27H30N4O2S. The highest BCUT2D eigenvalue weighted by atomic mass is 32.2. The summed E-state index contributed by atoms with van der Waals surface area (Å²) in [5, 5.41) is 22.7. The van der Waals surface area contributed by atoms with Gasteiger partial charge in [-0.25, -0.2) is 0 Å². The first-order valence-corrected chi connectivity index (χ1v) is 12.5. The first kappa shape index (κ1) is 23.8. The van der Waals surface area contributed by atoms with E-state index in [4.69, 9.17) is 0 Å². The minimum Gasteiger partial charge on any atom is -0.506 e. The highest BCUT2D eigenvalue weighted by Crippen LogP contribution is 2.31. The molecule has 3 aromatic carbocycles. The molecule has 4 aromatic rings. The van der Waals surface area contributed by atoms with Crippen LogP contribution in [-0.4, -0.2) is 26.0 Å². The molecule has 0 aliphatic carbocycles. The van der Waals surface area contributed by atoms with Crippen LogP contribution in [0.2, 0.25) is 0 Å². The first-order chi connectivity index (χ1) is 16.5. The van der Waals surface area contributed by atoms with E-state index in [1.807, 2.05) is 25.1 Å². The number of fused-ring (bicyclic) bond motifs is 1. The maximum Gasteiger partial charge on any atom is 0.227 e. The van der Waals surface area contributed by atoms with Crippen molar-refractivity contribution in [3.05, 3.63) is 66.2 Å². The van der Waals surface area contributed by atoms with Crippen LogP contribution >= 0.6 is 11.8 Å². The second kappa shape index (κ2) is 10.7. The van der Waals surface area contributed by atoms with E-state index in [0.29, 0.717) is 11.4 Å². The minimum absolute atomic E-state index is 0.00830.